The second kappa shape index (κ2) is 4.74. The monoisotopic (exact) mass is 191 g/mol. The SMILES string of the molecule is C/C=C/c1ncc(CC)c(N(C)C)n1. The van der Waals surface area contributed by atoms with Gasteiger partial charge in [0.25, 0.3) is 0 Å². The molecule has 0 amide bonds. The van der Waals surface area contributed by atoms with Crippen LogP contribution in [0.15, 0.2) is 12.3 Å². The maximum Gasteiger partial charge on any atom is 0.153 e. The van der Waals surface area contributed by atoms with E-state index in [1.54, 1.807) is 0 Å². The first kappa shape index (κ1) is 10.7. The molecule has 76 valence electrons. The minimum atomic E-state index is 0.772. The molecule has 1 aromatic rings. The fraction of sp³-hybridized carbons (Fsp3) is 0.455. The molecule has 0 saturated heterocycles. The Balaban J connectivity index is 3.13. The molecule has 0 N–H and O–H groups in total. The second-order valence-electron chi connectivity index (χ2n) is 3.33. The van der Waals surface area contributed by atoms with E-state index >= 15 is 0 Å². The molecule has 0 atom stereocenters. The molecular formula is C11H17N3. The van der Waals surface area contributed by atoms with E-state index in [-0.39, 0.29) is 0 Å². The number of aryl methyl sites for hydroxylation is 1. The van der Waals surface area contributed by atoms with Gasteiger partial charge < -0.3 is 4.90 Å². The molecule has 0 bridgehead atoms. The number of nitrogens with zero attached hydrogens (tertiary/aromatic N) is 3. The Bertz CT molecular complexity index is 329. The van der Waals surface area contributed by atoms with Crippen LogP contribution in [-0.2, 0) is 6.42 Å². The van der Waals surface area contributed by atoms with E-state index in [0.717, 1.165) is 18.1 Å². The maximum atomic E-state index is 4.46. The molecule has 3 nitrogen and oxygen atoms in total. The van der Waals surface area contributed by atoms with E-state index in [2.05, 4.69) is 16.9 Å². The van der Waals surface area contributed by atoms with Gasteiger partial charge in [0.15, 0.2) is 5.82 Å². The van der Waals surface area contributed by atoms with Gasteiger partial charge >= 0.3 is 0 Å². The van der Waals surface area contributed by atoms with Crippen molar-refractivity contribution in [3.05, 3.63) is 23.7 Å². The van der Waals surface area contributed by atoms with E-state index < -0.39 is 0 Å². The summed E-state index contributed by atoms with van der Waals surface area (Å²) in [4.78, 5) is 10.7. The van der Waals surface area contributed by atoms with Gasteiger partial charge in [-0.3, -0.25) is 0 Å². The zero-order valence-electron chi connectivity index (χ0n) is 9.28. The molecule has 1 heterocycles. The zero-order valence-corrected chi connectivity index (χ0v) is 9.28. The van der Waals surface area contributed by atoms with Crippen LogP contribution in [0.3, 0.4) is 0 Å². The Hall–Kier alpha value is -1.38. The highest BCUT2D eigenvalue weighted by molar-refractivity contribution is 5.49. The molecular weight excluding hydrogens is 174 g/mol. The Morgan fingerprint density at radius 1 is 1.43 bits per heavy atom. The van der Waals surface area contributed by atoms with Crippen molar-refractivity contribution in [2.75, 3.05) is 19.0 Å². The number of hydrogen-bond acceptors (Lipinski definition) is 3. The van der Waals surface area contributed by atoms with Gasteiger partial charge in [-0.2, -0.15) is 0 Å². The highest BCUT2D eigenvalue weighted by atomic mass is 15.1. The fourth-order valence-electron chi connectivity index (χ4n) is 1.28. The van der Waals surface area contributed by atoms with Crippen LogP contribution >= 0.6 is 0 Å². The van der Waals surface area contributed by atoms with Crippen molar-refractivity contribution in [2.45, 2.75) is 20.3 Å². The lowest BCUT2D eigenvalue weighted by atomic mass is 10.2. The average Bonchev–Trinajstić information content (AvgIpc) is 2.18. The lowest BCUT2D eigenvalue weighted by Gasteiger charge is -2.15. The fourth-order valence-corrected chi connectivity index (χ4v) is 1.28. The highest BCUT2D eigenvalue weighted by Crippen LogP contribution is 2.15. The minimum Gasteiger partial charge on any atom is -0.362 e. The number of anilines is 1. The summed E-state index contributed by atoms with van der Waals surface area (Å²) in [6, 6.07) is 0. The van der Waals surface area contributed by atoms with Crippen LogP contribution in [0.25, 0.3) is 6.08 Å². The average molecular weight is 191 g/mol. The quantitative estimate of drug-likeness (QED) is 0.733. The molecule has 0 fully saturated rings. The normalized spacial score (nSPS) is 10.9. The molecule has 0 aliphatic rings. The predicted molar refractivity (Wildman–Crippen MR) is 60.4 cm³/mol. The van der Waals surface area contributed by atoms with Crippen LogP contribution in [0, 0.1) is 0 Å². The van der Waals surface area contributed by atoms with Crippen LogP contribution in [0.4, 0.5) is 5.82 Å². The first-order valence-corrected chi connectivity index (χ1v) is 4.85. The molecule has 14 heavy (non-hydrogen) atoms. The predicted octanol–water partition coefficient (Wildman–Crippen LogP) is 2.14. The largest absolute Gasteiger partial charge is 0.362 e. The van der Waals surface area contributed by atoms with Gasteiger partial charge in [-0.25, -0.2) is 9.97 Å². The van der Waals surface area contributed by atoms with Crippen molar-refractivity contribution < 1.29 is 0 Å². The molecule has 0 aliphatic carbocycles. The first-order chi connectivity index (χ1) is 6.69. The zero-order chi connectivity index (χ0) is 10.6. The number of aromatic nitrogens is 2. The summed E-state index contributed by atoms with van der Waals surface area (Å²) < 4.78 is 0. The third-order valence-electron chi connectivity index (χ3n) is 1.98. The van der Waals surface area contributed by atoms with Gasteiger partial charge in [-0.05, 0) is 19.4 Å². The molecule has 1 rings (SSSR count). The summed E-state index contributed by atoms with van der Waals surface area (Å²) in [5, 5.41) is 0. The second-order valence-corrected chi connectivity index (χ2v) is 3.33. The number of hydrogen-bond donors (Lipinski definition) is 0. The third kappa shape index (κ3) is 2.31. The lowest BCUT2D eigenvalue weighted by Crippen LogP contribution is -2.14. The molecule has 0 saturated carbocycles. The van der Waals surface area contributed by atoms with E-state index in [1.165, 1.54) is 5.56 Å². The topological polar surface area (TPSA) is 29.0 Å². The van der Waals surface area contributed by atoms with E-state index in [1.807, 2.05) is 44.3 Å². The number of rotatable bonds is 3. The van der Waals surface area contributed by atoms with Gasteiger partial charge in [-0.15, -0.1) is 0 Å². The van der Waals surface area contributed by atoms with E-state index in [0.29, 0.717) is 0 Å². The standard InChI is InChI=1S/C11H17N3/c1-5-7-10-12-8-9(6-2)11(13-10)14(3)4/h5,7-8H,6H2,1-4H3/b7-5+. The van der Waals surface area contributed by atoms with Crippen LogP contribution in [0.1, 0.15) is 25.2 Å². The van der Waals surface area contributed by atoms with E-state index in [9.17, 15) is 0 Å². The first-order valence-electron chi connectivity index (χ1n) is 4.85. The van der Waals surface area contributed by atoms with Gasteiger partial charge in [0.05, 0.1) is 0 Å². The van der Waals surface area contributed by atoms with Crippen molar-refractivity contribution in [1.82, 2.24) is 9.97 Å². The molecule has 0 aliphatic heterocycles. The van der Waals surface area contributed by atoms with Crippen LogP contribution < -0.4 is 4.90 Å². The summed E-state index contributed by atoms with van der Waals surface area (Å²) >= 11 is 0. The van der Waals surface area contributed by atoms with Gasteiger partial charge in [0, 0.05) is 25.9 Å². The lowest BCUT2D eigenvalue weighted by molar-refractivity contribution is 0.965. The minimum absolute atomic E-state index is 0.772. The Kier molecular flexibility index (Phi) is 3.63. The molecule has 0 spiro atoms. The summed E-state index contributed by atoms with van der Waals surface area (Å²) in [5.74, 6) is 1.78. The number of allylic oxidation sites excluding steroid dienone is 1. The van der Waals surface area contributed by atoms with Gasteiger partial charge in [0.1, 0.15) is 5.82 Å². The van der Waals surface area contributed by atoms with Crippen molar-refractivity contribution >= 4 is 11.9 Å². The molecule has 0 unspecified atom stereocenters. The van der Waals surface area contributed by atoms with Crippen LogP contribution in [-0.4, -0.2) is 24.1 Å². The smallest absolute Gasteiger partial charge is 0.153 e. The maximum absolute atomic E-state index is 4.46. The summed E-state index contributed by atoms with van der Waals surface area (Å²) in [6.45, 7) is 4.08. The van der Waals surface area contributed by atoms with Gasteiger partial charge in [0.2, 0.25) is 0 Å². The highest BCUT2D eigenvalue weighted by Gasteiger charge is 2.05. The molecule has 0 radical (unpaired) electrons. The van der Waals surface area contributed by atoms with Crippen molar-refractivity contribution in [2.24, 2.45) is 0 Å². The van der Waals surface area contributed by atoms with Crippen molar-refractivity contribution in [1.29, 1.82) is 0 Å². The molecule has 0 aromatic carbocycles. The van der Waals surface area contributed by atoms with Crippen LogP contribution in [0.2, 0.25) is 0 Å². The Labute approximate surface area is 85.5 Å². The Morgan fingerprint density at radius 3 is 2.64 bits per heavy atom. The van der Waals surface area contributed by atoms with E-state index in [4.69, 9.17) is 0 Å². The summed E-state index contributed by atoms with van der Waals surface area (Å²) in [7, 11) is 4.00. The van der Waals surface area contributed by atoms with Gasteiger partial charge in [-0.1, -0.05) is 13.0 Å². The Morgan fingerprint density at radius 2 is 2.14 bits per heavy atom. The van der Waals surface area contributed by atoms with Crippen LogP contribution in [0.5, 0.6) is 0 Å². The molecule has 1 aromatic heterocycles. The summed E-state index contributed by atoms with van der Waals surface area (Å²) in [6.07, 6.45) is 6.72. The van der Waals surface area contributed by atoms with Crippen molar-refractivity contribution in [3.63, 3.8) is 0 Å². The summed E-state index contributed by atoms with van der Waals surface area (Å²) in [5.41, 5.74) is 1.18. The molecule has 3 heteroatoms. The third-order valence-corrected chi connectivity index (χ3v) is 1.98. The van der Waals surface area contributed by atoms with Crippen molar-refractivity contribution in [3.8, 4) is 0 Å².